The number of allylic oxidation sites excluding steroid dienone is 1. The highest BCUT2D eigenvalue weighted by atomic mass is 16.5. The van der Waals surface area contributed by atoms with Gasteiger partial charge in [-0.2, -0.15) is 5.26 Å². The topological polar surface area (TPSA) is 70.3 Å². The highest BCUT2D eigenvalue weighted by molar-refractivity contribution is 5.70. The summed E-state index contributed by atoms with van der Waals surface area (Å²) in [5.74, 6) is 0.0815. The average Bonchev–Trinajstić information content (AvgIpc) is 2.73. The monoisotopic (exact) mass is 375 g/mol. The number of carbonyl (C=O) groups is 1. The fourth-order valence-electron chi connectivity index (χ4n) is 3.59. The molecule has 0 bridgehead atoms. The van der Waals surface area contributed by atoms with E-state index in [0.717, 1.165) is 30.6 Å². The molecule has 0 unspecified atom stereocenters. The zero-order chi connectivity index (χ0) is 19.8. The van der Waals surface area contributed by atoms with Crippen LogP contribution in [0.4, 0.5) is 0 Å². The van der Waals surface area contributed by atoms with Crippen molar-refractivity contribution in [2.75, 3.05) is 6.61 Å². The second kappa shape index (κ2) is 9.75. The number of ether oxygens (including phenoxy) is 1. The summed E-state index contributed by atoms with van der Waals surface area (Å²) >= 11 is 0. The Kier molecular flexibility index (Phi) is 6.86. The highest BCUT2D eigenvalue weighted by Crippen LogP contribution is 2.33. The van der Waals surface area contributed by atoms with E-state index in [1.54, 1.807) is 0 Å². The largest absolute Gasteiger partial charge is 0.489 e. The van der Waals surface area contributed by atoms with E-state index in [4.69, 9.17) is 15.1 Å². The first-order valence-corrected chi connectivity index (χ1v) is 9.80. The Morgan fingerprint density at radius 2 is 1.75 bits per heavy atom. The normalized spacial score (nSPS) is 13.8. The molecular formula is C24H25NO3. The summed E-state index contributed by atoms with van der Waals surface area (Å²) in [6.45, 7) is 0.577. The molecule has 0 radical (unpaired) electrons. The van der Waals surface area contributed by atoms with E-state index in [9.17, 15) is 4.79 Å². The van der Waals surface area contributed by atoms with Crippen molar-refractivity contribution >= 4 is 11.5 Å². The summed E-state index contributed by atoms with van der Waals surface area (Å²) in [5.41, 5.74) is 5.68. The second-order valence-corrected chi connectivity index (χ2v) is 7.16. The smallest absolute Gasteiger partial charge is 0.303 e. The van der Waals surface area contributed by atoms with Crippen LogP contribution < -0.4 is 4.74 Å². The molecule has 1 aliphatic rings. The molecule has 4 heteroatoms. The number of aliphatic carboxylic acids is 1. The number of nitriles is 1. The van der Waals surface area contributed by atoms with E-state index in [-0.39, 0.29) is 6.42 Å². The molecular weight excluding hydrogens is 350 g/mol. The van der Waals surface area contributed by atoms with Crippen LogP contribution in [-0.2, 0) is 11.2 Å². The maximum absolute atomic E-state index is 10.6. The van der Waals surface area contributed by atoms with Crippen LogP contribution in [0.5, 0.6) is 5.75 Å². The van der Waals surface area contributed by atoms with Crippen LogP contribution in [0.3, 0.4) is 0 Å². The van der Waals surface area contributed by atoms with Crippen LogP contribution in [0.15, 0.2) is 54.1 Å². The first-order valence-electron chi connectivity index (χ1n) is 9.80. The fourth-order valence-corrected chi connectivity index (χ4v) is 3.59. The predicted molar refractivity (Wildman–Crippen MR) is 109 cm³/mol. The van der Waals surface area contributed by atoms with Gasteiger partial charge in [0.1, 0.15) is 12.4 Å². The van der Waals surface area contributed by atoms with Gasteiger partial charge in [-0.1, -0.05) is 24.3 Å². The number of aryl methyl sites for hydroxylation is 1. The van der Waals surface area contributed by atoms with E-state index in [2.05, 4.69) is 6.07 Å². The van der Waals surface area contributed by atoms with Crippen LogP contribution in [0.1, 0.15) is 55.2 Å². The van der Waals surface area contributed by atoms with E-state index in [1.165, 1.54) is 29.6 Å². The van der Waals surface area contributed by atoms with Gasteiger partial charge in [-0.15, -0.1) is 0 Å². The van der Waals surface area contributed by atoms with Gasteiger partial charge < -0.3 is 9.84 Å². The van der Waals surface area contributed by atoms with Crippen molar-refractivity contribution in [2.45, 2.75) is 44.9 Å². The molecule has 3 rings (SSSR count). The standard InChI is InChI=1S/C24H25NO3/c25-16-19-8-12-20(13-9-19)23-6-2-1-5-21(23)17-28-22-14-10-18(11-15-22)4-3-7-24(26)27/h8-15H,1-7,17H2,(H,26,27). The lowest BCUT2D eigenvalue weighted by Gasteiger charge is -2.21. The van der Waals surface area contributed by atoms with Crippen LogP contribution in [0, 0.1) is 11.3 Å². The summed E-state index contributed by atoms with van der Waals surface area (Å²) < 4.78 is 6.04. The third kappa shape index (κ3) is 5.47. The average molecular weight is 375 g/mol. The number of rotatable bonds is 8. The van der Waals surface area contributed by atoms with Crippen molar-refractivity contribution < 1.29 is 14.6 Å². The molecule has 1 aliphatic carbocycles. The number of hydrogen-bond donors (Lipinski definition) is 1. The molecule has 28 heavy (non-hydrogen) atoms. The Labute approximate surface area is 166 Å². The van der Waals surface area contributed by atoms with Gasteiger partial charge in [-0.3, -0.25) is 4.79 Å². The zero-order valence-electron chi connectivity index (χ0n) is 16.0. The Balaban J connectivity index is 1.63. The van der Waals surface area contributed by atoms with Gasteiger partial charge in [0.05, 0.1) is 11.6 Å². The lowest BCUT2D eigenvalue weighted by molar-refractivity contribution is -0.137. The van der Waals surface area contributed by atoms with Crippen LogP contribution in [0.25, 0.3) is 5.57 Å². The SMILES string of the molecule is N#Cc1ccc(C2=C(COc3ccc(CCCC(=O)O)cc3)CCCC2)cc1. The van der Waals surface area contributed by atoms with Gasteiger partial charge in [0.25, 0.3) is 0 Å². The van der Waals surface area contributed by atoms with Gasteiger partial charge in [0.15, 0.2) is 0 Å². The third-order valence-electron chi connectivity index (χ3n) is 5.14. The lowest BCUT2D eigenvalue weighted by Crippen LogP contribution is -2.08. The second-order valence-electron chi connectivity index (χ2n) is 7.16. The van der Waals surface area contributed by atoms with Crippen molar-refractivity contribution in [2.24, 2.45) is 0 Å². The van der Waals surface area contributed by atoms with Crippen LogP contribution in [-0.4, -0.2) is 17.7 Å². The highest BCUT2D eigenvalue weighted by Gasteiger charge is 2.15. The number of nitrogens with zero attached hydrogens (tertiary/aromatic N) is 1. The number of benzene rings is 2. The summed E-state index contributed by atoms with van der Waals surface area (Å²) in [6, 6.07) is 17.9. The Morgan fingerprint density at radius 3 is 2.43 bits per heavy atom. The fraction of sp³-hybridized carbons (Fsp3) is 0.333. The minimum Gasteiger partial charge on any atom is -0.489 e. The molecule has 0 aliphatic heterocycles. The Hall–Kier alpha value is -3.06. The summed E-state index contributed by atoms with van der Waals surface area (Å²) in [4.78, 5) is 10.6. The van der Waals surface area contributed by atoms with Gasteiger partial charge >= 0.3 is 5.97 Å². The van der Waals surface area contributed by atoms with Gasteiger partial charge in [-0.25, -0.2) is 0 Å². The number of hydrogen-bond acceptors (Lipinski definition) is 3. The minimum atomic E-state index is -0.751. The quantitative estimate of drug-likeness (QED) is 0.673. The Bertz CT molecular complexity index is 874. The first-order chi connectivity index (χ1) is 13.7. The molecule has 0 amide bonds. The number of carboxylic acids is 1. The molecule has 1 N–H and O–H groups in total. The summed E-state index contributed by atoms with van der Waals surface area (Å²) in [7, 11) is 0. The maximum atomic E-state index is 10.6. The molecule has 144 valence electrons. The molecule has 0 saturated heterocycles. The lowest BCUT2D eigenvalue weighted by atomic mass is 9.87. The van der Waals surface area contributed by atoms with Gasteiger partial charge in [0, 0.05) is 6.42 Å². The molecule has 4 nitrogen and oxygen atoms in total. The zero-order valence-corrected chi connectivity index (χ0v) is 16.0. The molecule has 2 aromatic carbocycles. The summed E-state index contributed by atoms with van der Waals surface area (Å²) in [5, 5.41) is 17.7. The van der Waals surface area contributed by atoms with Crippen molar-refractivity contribution in [1.29, 1.82) is 5.26 Å². The molecule has 0 saturated carbocycles. The molecule has 0 spiro atoms. The predicted octanol–water partition coefficient (Wildman–Crippen LogP) is 5.37. The van der Waals surface area contributed by atoms with Gasteiger partial charge in [-0.05, 0) is 85.1 Å². The van der Waals surface area contributed by atoms with E-state index in [1.807, 2.05) is 48.5 Å². The van der Waals surface area contributed by atoms with Crippen LogP contribution in [0.2, 0.25) is 0 Å². The van der Waals surface area contributed by atoms with E-state index >= 15 is 0 Å². The van der Waals surface area contributed by atoms with E-state index < -0.39 is 5.97 Å². The molecule has 0 fully saturated rings. The van der Waals surface area contributed by atoms with Crippen molar-refractivity contribution in [1.82, 2.24) is 0 Å². The summed E-state index contributed by atoms with van der Waals surface area (Å²) in [6.07, 6.45) is 6.07. The van der Waals surface area contributed by atoms with Crippen molar-refractivity contribution in [3.8, 4) is 11.8 Å². The number of carboxylic acid groups (broad SMARTS) is 1. The van der Waals surface area contributed by atoms with Crippen molar-refractivity contribution in [3.63, 3.8) is 0 Å². The first kappa shape index (κ1) is 19.7. The van der Waals surface area contributed by atoms with Crippen LogP contribution >= 0.6 is 0 Å². The molecule has 0 atom stereocenters. The van der Waals surface area contributed by atoms with E-state index in [0.29, 0.717) is 18.6 Å². The minimum absolute atomic E-state index is 0.199. The maximum Gasteiger partial charge on any atom is 0.303 e. The van der Waals surface area contributed by atoms with Gasteiger partial charge in [0.2, 0.25) is 0 Å². The molecule has 0 aromatic heterocycles. The Morgan fingerprint density at radius 1 is 1.04 bits per heavy atom. The molecule has 2 aromatic rings. The third-order valence-corrected chi connectivity index (χ3v) is 5.14. The van der Waals surface area contributed by atoms with Crippen molar-refractivity contribution in [3.05, 3.63) is 70.8 Å². The molecule has 0 heterocycles.